The van der Waals surface area contributed by atoms with Crippen LogP contribution in [0, 0.1) is 19.7 Å². The summed E-state index contributed by atoms with van der Waals surface area (Å²) in [5.41, 5.74) is 3.60. The van der Waals surface area contributed by atoms with E-state index < -0.39 is 0 Å². The Hall–Kier alpha value is -2.73. The summed E-state index contributed by atoms with van der Waals surface area (Å²) in [7, 11) is 0. The second-order valence-electron chi connectivity index (χ2n) is 7.25. The van der Waals surface area contributed by atoms with Gasteiger partial charge in [0.25, 0.3) is 5.91 Å². The number of aromatic nitrogens is 1. The van der Waals surface area contributed by atoms with Gasteiger partial charge >= 0.3 is 0 Å². The average Bonchev–Trinajstić information content (AvgIpc) is 3.15. The highest BCUT2D eigenvalue weighted by Gasteiger charge is 2.20. The maximum absolute atomic E-state index is 13.2. The van der Waals surface area contributed by atoms with Gasteiger partial charge in [-0.25, -0.2) is 9.37 Å². The van der Waals surface area contributed by atoms with Crippen LogP contribution in [-0.4, -0.2) is 21.8 Å². The SMILES string of the molecule is Cc1cccc(OCc2nc(CN(C(=O)c3ccc(F)cc3)C(C)C)cs2)c1C. The molecule has 0 atom stereocenters. The van der Waals surface area contributed by atoms with Gasteiger partial charge in [0.15, 0.2) is 0 Å². The first-order chi connectivity index (χ1) is 13.8. The molecular weight excluding hydrogens is 387 g/mol. The van der Waals surface area contributed by atoms with E-state index in [4.69, 9.17) is 4.74 Å². The number of hydrogen-bond acceptors (Lipinski definition) is 4. The minimum atomic E-state index is -0.356. The van der Waals surface area contributed by atoms with Crippen LogP contribution in [0.4, 0.5) is 4.39 Å². The van der Waals surface area contributed by atoms with Gasteiger partial charge in [0.1, 0.15) is 23.2 Å². The number of ether oxygens (including phenoxy) is 1. The molecule has 0 aliphatic rings. The van der Waals surface area contributed by atoms with Crippen LogP contribution in [-0.2, 0) is 13.2 Å². The maximum atomic E-state index is 13.2. The molecule has 4 nitrogen and oxygen atoms in total. The lowest BCUT2D eigenvalue weighted by Crippen LogP contribution is -2.36. The molecule has 0 aliphatic heterocycles. The van der Waals surface area contributed by atoms with Crippen molar-refractivity contribution in [1.29, 1.82) is 0 Å². The Labute approximate surface area is 175 Å². The van der Waals surface area contributed by atoms with Crippen molar-refractivity contribution in [3.05, 3.63) is 81.1 Å². The summed E-state index contributed by atoms with van der Waals surface area (Å²) in [5, 5.41) is 2.81. The summed E-state index contributed by atoms with van der Waals surface area (Å²) in [6.07, 6.45) is 0. The molecule has 6 heteroatoms. The molecule has 152 valence electrons. The Morgan fingerprint density at radius 1 is 1.17 bits per heavy atom. The molecule has 0 saturated carbocycles. The Bertz CT molecular complexity index is 983. The minimum Gasteiger partial charge on any atom is -0.486 e. The van der Waals surface area contributed by atoms with Crippen molar-refractivity contribution in [2.45, 2.75) is 46.9 Å². The number of benzene rings is 2. The normalized spacial score (nSPS) is 11.0. The highest BCUT2D eigenvalue weighted by atomic mass is 32.1. The molecule has 0 unspecified atom stereocenters. The van der Waals surface area contributed by atoms with Crippen molar-refractivity contribution < 1.29 is 13.9 Å². The fraction of sp³-hybridized carbons (Fsp3) is 0.304. The van der Waals surface area contributed by atoms with Crippen LogP contribution in [0.5, 0.6) is 5.75 Å². The Balaban J connectivity index is 1.67. The molecule has 0 saturated heterocycles. The van der Waals surface area contributed by atoms with Gasteiger partial charge in [-0.05, 0) is 69.2 Å². The van der Waals surface area contributed by atoms with Crippen molar-refractivity contribution in [2.24, 2.45) is 0 Å². The van der Waals surface area contributed by atoms with E-state index in [1.807, 2.05) is 38.3 Å². The molecule has 0 bridgehead atoms. The molecule has 3 rings (SSSR count). The quantitative estimate of drug-likeness (QED) is 0.512. The number of thiazole rings is 1. The summed E-state index contributed by atoms with van der Waals surface area (Å²) in [6, 6.07) is 11.6. The summed E-state index contributed by atoms with van der Waals surface area (Å²) in [6.45, 7) is 8.80. The van der Waals surface area contributed by atoms with E-state index >= 15 is 0 Å². The summed E-state index contributed by atoms with van der Waals surface area (Å²) < 4.78 is 19.1. The fourth-order valence-corrected chi connectivity index (χ4v) is 3.63. The largest absolute Gasteiger partial charge is 0.486 e. The van der Waals surface area contributed by atoms with E-state index in [1.165, 1.54) is 41.2 Å². The summed E-state index contributed by atoms with van der Waals surface area (Å²) >= 11 is 1.52. The van der Waals surface area contributed by atoms with E-state index in [-0.39, 0.29) is 17.8 Å². The molecule has 0 aliphatic carbocycles. The van der Waals surface area contributed by atoms with Crippen molar-refractivity contribution in [1.82, 2.24) is 9.88 Å². The Morgan fingerprint density at radius 2 is 1.90 bits per heavy atom. The van der Waals surface area contributed by atoms with Gasteiger partial charge < -0.3 is 9.64 Å². The van der Waals surface area contributed by atoms with E-state index in [0.29, 0.717) is 18.7 Å². The third kappa shape index (κ3) is 5.21. The van der Waals surface area contributed by atoms with Crippen LogP contribution >= 0.6 is 11.3 Å². The monoisotopic (exact) mass is 412 g/mol. The molecular formula is C23H25FN2O2S. The van der Waals surface area contributed by atoms with Crippen LogP contribution in [0.25, 0.3) is 0 Å². The van der Waals surface area contributed by atoms with Crippen LogP contribution in [0.2, 0.25) is 0 Å². The van der Waals surface area contributed by atoms with E-state index in [2.05, 4.69) is 18.0 Å². The van der Waals surface area contributed by atoms with E-state index in [0.717, 1.165) is 22.0 Å². The molecule has 2 aromatic carbocycles. The number of carbonyl (C=O) groups is 1. The summed E-state index contributed by atoms with van der Waals surface area (Å²) in [4.78, 5) is 19.2. The zero-order valence-corrected chi connectivity index (χ0v) is 17.9. The first-order valence-electron chi connectivity index (χ1n) is 9.54. The topological polar surface area (TPSA) is 42.4 Å². The minimum absolute atomic E-state index is 0.0103. The van der Waals surface area contributed by atoms with Crippen molar-refractivity contribution in [3.8, 4) is 5.75 Å². The number of carbonyl (C=O) groups excluding carboxylic acids is 1. The summed E-state index contributed by atoms with van der Waals surface area (Å²) in [5.74, 6) is 0.365. The highest BCUT2D eigenvalue weighted by molar-refractivity contribution is 7.09. The van der Waals surface area contributed by atoms with Crippen LogP contribution in [0.1, 0.15) is 46.0 Å². The lowest BCUT2D eigenvalue weighted by Gasteiger charge is -2.26. The van der Waals surface area contributed by atoms with Crippen molar-refractivity contribution >= 4 is 17.2 Å². The Morgan fingerprint density at radius 3 is 2.59 bits per heavy atom. The van der Waals surface area contributed by atoms with Crippen LogP contribution < -0.4 is 4.74 Å². The second kappa shape index (κ2) is 9.18. The standard InChI is InChI=1S/C23H25FN2O2S/c1-15(2)26(23(27)18-8-10-19(24)11-9-18)12-20-14-29-22(25-20)13-28-21-7-5-6-16(3)17(21)4/h5-11,14-15H,12-13H2,1-4H3. The number of rotatable bonds is 7. The molecule has 1 heterocycles. The predicted molar refractivity (Wildman–Crippen MR) is 114 cm³/mol. The third-order valence-electron chi connectivity index (χ3n) is 4.81. The van der Waals surface area contributed by atoms with Crippen molar-refractivity contribution in [2.75, 3.05) is 0 Å². The van der Waals surface area contributed by atoms with Gasteiger partial charge in [0.2, 0.25) is 0 Å². The van der Waals surface area contributed by atoms with Crippen LogP contribution in [0.3, 0.4) is 0 Å². The molecule has 1 amide bonds. The molecule has 0 N–H and O–H groups in total. The predicted octanol–water partition coefficient (Wildman–Crippen LogP) is 5.53. The number of halogens is 1. The first kappa shape index (κ1) is 21.0. The van der Waals surface area contributed by atoms with E-state index in [9.17, 15) is 9.18 Å². The molecule has 0 fully saturated rings. The van der Waals surface area contributed by atoms with Gasteiger partial charge in [-0.2, -0.15) is 0 Å². The molecule has 0 radical (unpaired) electrons. The van der Waals surface area contributed by atoms with Gasteiger partial charge in [0, 0.05) is 17.0 Å². The van der Waals surface area contributed by atoms with Gasteiger partial charge in [-0.1, -0.05) is 12.1 Å². The maximum Gasteiger partial charge on any atom is 0.254 e. The number of aryl methyl sites for hydroxylation is 1. The Kier molecular flexibility index (Phi) is 6.64. The zero-order chi connectivity index (χ0) is 21.0. The average molecular weight is 413 g/mol. The lowest BCUT2D eigenvalue weighted by atomic mass is 10.1. The number of nitrogens with zero attached hydrogens (tertiary/aromatic N) is 2. The molecule has 3 aromatic rings. The van der Waals surface area contributed by atoms with Crippen LogP contribution in [0.15, 0.2) is 47.8 Å². The van der Waals surface area contributed by atoms with Gasteiger partial charge in [-0.15, -0.1) is 11.3 Å². The first-order valence-corrected chi connectivity index (χ1v) is 10.4. The van der Waals surface area contributed by atoms with Gasteiger partial charge in [0.05, 0.1) is 12.2 Å². The molecule has 0 spiro atoms. The number of amides is 1. The lowest BCUT2D eigenvalue weighted by molar-refractivity contribution is 0.0688. The molecule has 1 aromatic heterocycles. The van der Waals surface area contributed by atoms with Crippen molar-refractivity contribution in [3.63, 3.8) is 0 Å². The number of hydrogen-bond donors (Lipinski definition) is 0. The van der Waals surface area contributed by atoms with E-state index in [1.54, 1.807) is 4.90 Å². The van der Waals surface area contributed by atoms with Gasteiger partial charge in [-0.3, -0.25) is 4.79 Å². The zero-order valence-electron chi connectivity index (χ0n) is 17.1. The molecule has 29 heavy (non-hydrogen) atoms. The smallest absolute Gasteiger partial charge is 0.254 e. The fourth-order valence-electron chi connectivity index (χ4n) is 2.93. The second-order valence-corrected chi connectivity index (χ2v) is 8.20. The highest BCUT2D eigenvalue weighted by Crippen LogP contribution is 2.23. The third-order valence-corrected chi connectivity index (χ3v) is 5.68.